The topological polar surface area (TPSA) is 73.7 Å². The van der Waals surface area contributed by atoms with E-state index in [1.54, 1.807) is 43.9 Å². The van der Waals surface area contributed by atoms with Gasteiger partial charge in [-0.25, -0.2) is 14.0 Å². The van der Waals surface area contributed by atoms with Crippen LogP contribution in [-0.2, 0) is 22.3 Å². The van der Waals surface area contributed by atoms with Gasteiger partial charge in [-0.15, -0.1) is 0 Å². The molecule has 2 heterocycles. The molecule has 2 aromatic rings. The third kappa shape index (κ3) is 5.42. The van der Waals surface area contributed by atoms with Crippen molar-refractivity contribution in [1.82, 2.24) is 14.7 Å². The van der Waals surface area contributed by atoms with E-state index in [9.17, 15) is 14.0 Å². The molecular weight excluding hydrogens is 401 g/mol. The fourth-order valence-corrected chi connectivity index (χ4v) is 3.44. The van der Waals surface area contributed by atoms with Crippen molar-refractivity contribution in [3.63, 3.8) is 0 Å². The number of benzene rings is 1. The third-order valence-corrected chi connectivity index (χ3v) is 4.69. The number of rotatable bonds is 1. The van der Waals surface area contributed by atoms with Gasteiger partial charge in [0, 0.05) is 30.6 Å². The first kappa shape index (κ1) is 22.8. The Labute approximate surface area is 182 Å². The average Bonchev–Trinajstić information content (AvgIpc) is 2.83. The smallest absolute Gasteiger partial charge is 0.435 e. The Morgan fingerprint density at radius 2 is 1.52 bits per heavy atom. The number of nitrogens with zero attached hydrogens (tertiary/aromatic N) is 3. The van der Waals surface area contributed by atoms with Crippen LogP contribution in [-0.4, -0.2) is 51.2 Å². The number of hydrogen-bond donors (Lipinski definition) is 0. The lowest BCUT2D eigenvalue weighted by Gasteiger charge is -2.26. The highest BCUT2D eigenvalue weighted by Crippen LogP contribution is 2.31. The first-order valence-corrected chi connectivity index (χ1v) is 10.4. The Kier molecular flexibility index (Phi) is 6.11. The summed E-state index contributed by atoms with van der Waals surface area (Å²) in [6.45, 7) is 11.5. The van der Waals surface area contributed by atoms with Crippen molar-refractivity contribution in [1.29, 1.82) is 0 Å². The second kappa shape index (κ2) is 8.32. The van der Waals surface area contributed by atoms with Gasteiger partial charge in [-0.2, -0.15) is 9.78 Å². The molecule has 0 N–H and O–H groups in total. The highest BCUT2D eigenvalue weighted by molar-refractivity contribution is 5.75. The third-order valence-electron chi connectivity index (χ3n) is 4.69. The van der Waals surface area contributed by atoms with Gasteiger partial charge < -0.3 is 14.4 Å². The Balaban J connectivity index is 2.00. The molecule has 0 aliphatic carbocycles. The molecule has 0 fully saturated rings. The molecule has 8 heteroatoms. The fraction of sp³-hybridized carbons (Fsp3) is 0.522. The van der Waals surface area contributed by atoms with Crippen molar-refractivity contribution in [2.75, 3.05) is 13.1 Å². The number of aromatic nitrogens is 2. The largest absolute Gasteiger partial charge is 0.444 e. The zero-order valence-electron chi connectivity index (χ0n) is 19.0. The Morgan fingerprint density at radius 3 is 2.13 bits per heavy atom. The normalized spacial score (nSPS) is 14.6. The first-order valence-electron chi connectivity index (χ1n) is 10.4. The van der Waals surface area contributed by atoms with Gasteiger partial charge in [0.25, 0.3) is 0 Å². The van der Waals surface area contributed by atoms with Crippen LogP contribution in [0.15, 0.2) is 24.3 Å². The van der Waals surface area contributed by atoms with Gasteiger partial charge in [0.1, 0.15) is 17.0 Å². The summed E-state index contributed by atoms with van der Waals surface area (Å²) in [4.78, 5) is 27.0. The van der Waals surface area contributed by atoms with Crippen molar-refractivity contribution in [2.45, 2.75) is 65.6 Å². The molecule has 3 rings (SSSR count). The van der Waals surface area contributed by atoms with Crippen molar-refractivity contribution >= 4 is 12.2 Å². The van der Waals surface area contributed by atoms with Crippen molar-refractivity contribution < 1.29 is 23.5 Å². The second-order valence-electron chi connectivity index (χ2n) is 9.61. The van der Waals surface area contributed by atoms with Crippen LogP contribution >= 0.6 is 0 Å². The molecule has 0 spiro atoms. The van der Waals surface area contributed by atoms with E-state index in [-0.39, 0.29) is 0 Å². The van der Waals surface area contributed by atoms with Crippen LogP contribution in [0.3, 0.4) is 0 Å². The molecule has 168 valence electrons. The number of amides is 1. The predicted molar refractivity (Wildman–Crippen MR) is 114 cm³/mol. The predicted octanol–water partition coefficient (Wildman–Crippen LogP) is 4.81. The van der Waals surface area contributed by atoms with Crippen LogP contribution in [0.1, 0.15) is 52.8 Å². The molecule has 7 nitrogen and oxygen atoms in total. The molecule has 1 aliphatic rings. The van der Waals surface area contributed by atoms with E-state index in [1.165, 1.54) is 10.7 Å². The lowest BCUT2D eigenvalue weighted by atomic mass is 10.0. The summed E-state index contributed by atoms with van der Waals surface area (Å²) >= 11 is 0. The Hall–Kier alpha value is -2.90. The second-order valence-corrected chi connectivity index (χ2v) is 9.61. The molecule has 0 saturated carbocycles. The van der Waals surface area contributed by atoms with E-state index in [4.69, 9.17) is 9.47 Å². The minimum Gasteiger partial charge on any atom is -0.444 e. The van der Waals surface area contributed by atoms with Crippen molar-refractivity contribution in [2.24, 2.45) is 0 Å². The van der Waals surface area contributed by atoms with Crippen LogP contribution < -0.4 is 0 Å². The van der Waals surface area contributed by atoms with Crippen LogP contribution in [0.25, 0.3) is 11.3 Å². The number of ether oxygens (including phenoxy) is 2. The molecule has 0 unspecified atom stereocenters. The highest BCUT2D eigenvalue weighted by atomic mass is 19.1. The summed E-state index contributed by atoms with van der Waals surface area (Å²) in [7, 11) is 0. The Bertz CT molecular complexity index is 986. The van der Waals surface area contributed by atoms with Crippen LogP contribution in [0.5, 0.6) is 0 Å². The van der Waals surface area contributed by atoms with Crippen molar-refractivity contribution in [3.05, 3.63) is 41.3 Å². The first-order chi connectivity index (χ1) is 14.4. The van der Waals surface area contributed by atoms with Gasteiger partial charge in [-0.1, -0.05) is 12.1 Å². The van der Waals surface area contributed by atoms with Crippen molar-refractivity contribution in [3.8, 4) is 11.3 Å². The van der Waals surface area contributed by atoms with Gasteiger partial charge in [0.15, 0.2) is 0 Å². The van der Waals surface area contributed by atoms with E-state index >= 15 is 0 Å². The molecule has 0 radical (unpaired) electrons. The van der Waals surface area contributed by atoms with Gasteiger partial charge in [0.2, 0.25) is 0 Å². The summed E-state index contributed by atoms with van der Waals surface area (Å²) in [5.74, 6) is -0.424. The van der Waals surface area contributed by atoms with Crippen LogP contribution in [0.2, 0.25) is 0 Å². The van der Waals surface area contributed by atoms with Gasteiger partial charge in [-0.05, 0) is 60.1 Å². The molecule has 1 aromatic carbocycles. The number of carbonyl (C=O) groups excluding carboxylic acids is 2. The monoisotopic (exact) mass is 431 g/mol. The number of fused-ring (bicyclic) bond motifs is 1. The molecule has 0 atom stereocenters. The maximum atomic E-state index is 14.6. The van der Waals surface area contributed by atoms with E-state index in [0.29, 0.717) is 42.9 Å². The van der Waals surface area contributed by atoms with E-state index in [0.717, 1.165) is 5.56 Å². The molecule has 31 heavy (non-hydrogen) atoms. The number of carbonyl (C=O) groups is 2. The standard InChI is InChI=1S/C23H30FN3O4/c1-22(2,3)30-20(28)26-13-11-16-18(12-14-26)27(21(29)31-23(4,5)6)25-19(16)15-9-7-8-10-17(15)24/h7-10H,11-14H2,1-6H3. The zero-order chi connectivity index (χ0) is 23.0. The summed E-state index contributed by atoms with van der Waals surface area (Å²) in [6.07, 6.45) is -0.255. The summed E-state index contributed by atoms with van der Waals surface area (Å²) in [5, 5.41) is 4.45. The maximum absolute atomic E-state index is 14.6. The highest BCUT2D eigenvalue weighted by Gasteiger charge is 2.31. The maximum Gasteiger partial charge on any atom is 0.435 e. The molecular formula is C23H30FN3O4. The molecule has 1 amide bonds. The lowest BCUT2D eigenvalue weighted by molar-refractivity contribution is 0.0258. The minimum atomic E-state index is -0.707. The van der Waals surface area contributed by atoms with Gasteiger partial charge >= 0.3 is 12.2 Å². The fourth-order valence-electron chi connectivity index (χ4n) is 3.44. The molecule has 0 bridgehead atoms. The van der Waals surface area contributed by atoms with Gasteiger partial charge in [0.05, 0.1) is 11.4 Å². The Morgan fingerprint density at radius 1 is 0.935 bits per heavy atom. The number of hydrogen-bond acceptors (Lipinski definition) is 5. The van der Waals surface area contributed by atoms with Crippen LogP contribution in [0.4, 0.5) is 14.0 Å². The molecule has 1 aromatic heterocycles. The quantitative estimate of drug-likeness (QED) is 0.648. The zero-order valence-corrected chi connectivity index (χ0v) is 19.0. The van der Waals surface area contributed by atoms with E-state index in [1.807, 2.05) is 20.8 Å². The SMILES string of the molecule is CC(C)(C)OC(=O)N1CCc2c(-c3ccccc3F)nn(C(=O)OC(C)(C)C)c2CC1. The van der Waals surface area contributed by atoms with Crippen LogP contribution in [0, 0.1) is 5.82 Å². The molecule has 0 saturated heterocycles. The summed E-state index contributed by atoms with van der Waals surface area (Å²) in [6, 6.07) is 6.32. The average molecular weight is 432 g/mol. The van der Waals surface area contributed by atoms with E-state index < -0.39 is 29.2 Å². The summed E-state index contributed by atoms with van der Waals surface area (Å²) in [5.41, 5.74) is 0.751. The lowest BCUT2D eigenvalue weighted by Crippen LogP contribution is -2.38. The minimum absolute atomic E-state index is 0.312. The summed E-state index contributed by atoms with van der Waals surface area (Å²) < 4.78 is 26.8. The molecule has 1 aliphatic heterocycles. The van der Waals surface area contributed by atoms with Gasteiger partial charge in [-0.3, -0.25) is 0 Å². The van der Waals surface area contributed by atoms with E-state index in [2.05, 4.69) is 5.10 Å². The number of halogens is 1.